The van der Waals surface area contributed by atoms with Crippen LogP contribution in [-0.4, -0.2) is 57.3 Å². The summed E-state index contributed by atoms with van der Waals surface area (Å²) in [7, 11) is 0. The van der Waals surface area contributed by atoms with Gasteiger partial charge in [0.1, 0.15) is 12.4 Å². The van der Waals surface area contributed by atoms with Crippen LogP contribution in [0.25, 0.3) is 0 Å². The van der Waals surface area contributed by atoms with Crippen molar-refractivity contribution in [2.45, 2.75) is 19.5 Å². The Kier molecular flexibility index (Phi) is 5.04. The van der Waals surface area contributed by atoms with Crippen LogP contribution in [-0.2, 0) is 11.3 Å². The van der Waals surface area contributed by atoms with Crippen LogP contribution in [0, 0.1) is 6.92 Å². The number of aromatic nitrogens is 2. The van der Waals surface area contributed by atoms with Gasteiger partial charge in [-0.1, -0.05) is 30.3 Å². The summed E-state index contributed by atoms with van der Waals surface area (Å²) in [6.45, 7) is 4.01. The summed E-state index contributed by atoms with van der Waals surface area (Å²) in [5.74, 6) is -0.748. The van der Waals surface area contributed by atoms with E-state index >= 15 is 0 Å². The zero-order valence-corrected chi connectivity index (χ0v) is 14.1. The summed E-state index contributed by atoms with van der Waals surface area (Å²) in [6, 6.07) is 9.36. The first kappa shape index (κ1) is 17.0. The highest BCUT2D eigenvalue weighted by molar-refractivity contribution is 5.98. The molecule has 1 atom stereocenters. The van der Waals surface area contributed by atoms with Gasteiger partial charge in [0.25, 0.3) is 5.91 Å². The molecule has 1 unspecified atom stereocenters. The summed E-state index contributed by atoms with van der Waals surface area (Å²) in [4.78, 5) is 36.4. The third-order valence-corrected chi connectivity index (χ3v) is 4.44. The average molecular weight is 339 g/mol. The lowest BCUT2D eigenvalue weighted by Crippen LogP contribution is -2.59. The molecule has 0 radical (unpaired) electrons. The van der Waals surface area contributed by atoms with E-state index < -0.39 is 11.9 Å². The van der Waals surface area contributed by atoms with Gasteiger partial charge in [0.15, 0.2) is 0 Å². The van der Waals surface area contributed by atoms with E-state index in [9.17, 15) is 9.59 Å². The first-order chi connectivity index (χ1) is 12.1. The van der Waals surface area contributed by atoms with Crippen LogP contribution in [0.5, 0.6) is 0 Å². The normalized spacial score (nSPS) is 18.1. The number of hydrogen-bond acceptors (Lipinski definition) is 5. The molecule has 0 bridgehead atoms. The Morgan fingerprint density at radius 2 is 2.00 bits per heavy atom. The molecule has 7 nitrogen and oxygen atoms in total. The fourth-order valence-electron chi connectivity index (χ4n) is 3.07. The number of rotatable bonds is 4. The molecule has 1 aromatic carbocycles. The van der Waals surface area contributed by atoms with Gasteiger partial charge in [-0.25, -0.2) is 9.97 Å². The number of nitrogens with two attached hydrogens (primary N) is 1. The Hall–Kier alpha value is -2.80. The van der Waals surface area contributed by atoms with Crippen molar-refractivity contribution < 1.29 is 9.59 Å². The van der Waals surface area contributed by atoms with Crippen molar-refractivity contribution in [3.8, 4) is 0 Å². The Morgan fingerprint density at radius 3 is 2.68 bits per heavy atom. The number of aryl methyl sites for hydroxylation is 1. The number of hydrogen-bond donors (Lipinski definition) is 1. The highest BCUT2D eigenvalue weighted by Crippen LogP contribution is 2.17. The predicted octanol–water partition coefficient (Wildman–Crippen LogP) is 0.597. The molecule has 2 N–H and O–H groups in total. The molecule has 130 valence electrons. The molecule has 2 heterocycles. The third kappa shape index (κ3) is 3.83. The Morgan fingerprint density at radius 1 is 1.24 bits per heavy atom. The molecule has 1 aliphatic heterocycles. The van der Waals surface area contributed by atoms with Crippen LogP contribution < -0.4 is 5.73 Å². The standard InChI is InChI=1S/C18H21N5O2/c1-13-15(9-20-12-21-13)18(25)23-8-7-22(11-16(23)17(19)24)10-14-5-3-2-4-6-14/h2-6,9,12,16H,7-8,10-11H2,1H3,(H2,19,24). The van der Waals surface area contributed by atoms with Crippen LogP contribution >= 0.6 is 0 Å². The van der Waals surface area contributed by atoms with Gasteiger partial charge in [-0.05, 0) is 12.5 Å². The maximum Gasteiger partial charge on any atom is 0.258 e. The van der Waals surface area contributed by atoms with Gasteiger partial charge in [0.2, 0.25) is 5.91 Å². The van der Waals surface area contributed by atoms with Gasteiger partial charge >= 0.3 is 0 Å². The number of benzene rings is 1. The van der Waals surface area contributed by atoms with E-state index in [0.717, 1.165) is 12.1 Å². The fourth-order valence-corrected chi connectivity index (χ4v) is 3.07. The minimum absolute atomic E-state index is 0.249. The second-order valence-electron chi connectivity index (χ2n) is 6.16. The Labute approximate surface area is 146 Å². The predicted molar refractivity (Wildman–Crippen MR) is 92.5 cm³/mol. The van der Waals surface area contributed by atoms with Crippen molar-refractivity contribution in [3.05, 3.63) is 59.7 Å². The quantitative estimate of drug-likeness (QED) is 0.880. The maximum absolute atomic E-state index is 12.8. The largest absolute Gasteiger partial charge is 0.368 e. The minimum atomic E-state index is -0.662. The van der Waals surface area contributed by atoms with Gasteiger partial charge in [0, 0.05) is 32.4 Å². The fraction of sp³-hybridized carbons (Fsp3) is 0.333. The van der Waals surface area contributed by atoms with E-state index in [0.29, 0.717) is 30.9 Å². The van der Waals surface area contributed by atoms with Gasteiger partial charge < -0.3 is 10.6 Å². The summed E-state index contributed by atoms with van der Waals surface area (Å²) in [6.07, 6.45) is 2.88. The van der Waals surface area contributed by atoms with E-state index in [4.69, 9.17) is 5.73 Å². The van der Waals surface area contributed by atoms with Crippen LogP contribution in [0.3, 0.4) is 0 Å². The van der Waals surface area contributed by atoms with Crippen molar-refractivity contribution in [3.63, 3.8) is 0 Å². The number of amides is 2. The van der Waals surface area contributed by atoms with Crippen LogP contribution in [0.2, 0.25) is 0 Å². The molecular weight excluding hydrogens is 318 g/mol. The number of nitrogens with zero attached hydrogens (tertiary/aromatic N) is 4. The van der Waals surface area contributed by atoms with Gasteiger partial charge in [-0.2, -0.15) is 0 Å². The van der Waals surface area contributed by atoms with Gasteiger partial charge in [-0.15, -0.1) is 0 Å². The lowest BCUT2D eigenvalue weighted by atomic mass is 10.1. The molecule has 3 rings (SSSR count). The summed E-state index contributed by atoms with van der Waals surface area (Å²) in [5.41, 5.74) is 7.74. The van der Waals surface area contributed by atoms with E-state index in [1.165, 1.54) is 17.4 Å². The van der Waals surface area contributed by atoms with Crippen LogP contribution in [0.1, 0.15) is 21.6 Å². The van der Waals surface area contributed by atoms with Crippen LogP contribution in [0.15, 0.2) is 42.9 Å². The van der Waals surface area contributed by atoms with Gasteiger partial charge in [0.05, 0.1) is 11.3 Å². The number of piperazine rings is 1. The van der Waals surface area contributed by atoms with Gasteiger partial charge in [-0.3, -0.25) is 14.5 Å². The molecule has 0 saturated carbocycles. The van der Waals surface area contributed by atoms with E-state index in [2.05, 4.69) is 14.9 Å². The smallest absolute Gasteiger partial charge is 0.258 e. The number of carbonyl (C=O) groups excluding carboxylic acids is 2. The molecule has 2 amide bonds. The molecule has 2 aromatic rings. The molecule has 1 fully saturated rings. The van der Waals surface area contributed by atoms with E-state index in [1.807, 2.05) is 30.3 Å². The molecule has 0 aliphatic carbocycles. The average Bonchev–Trinajstić information content (AvgIpc) is 2.62. The molecule has 1 aliphatic rings. The molecule has 1 aromatic heterocycles. The van der Waals surface area contributed by atoms with Crippen LogP contribution in [0.4, 0.5) is 0 Å². The first-order valence-electron chi connectivity index (χ1n) is 8.19. The second kappa shape index (κ2) is 7.40. The Balaban J connectivity index is 1.75. The zero-order chi connectivity index (χ0) is 17.8. The first-order valence-corrected chi connectivity index (χ1v) is 8.19. The van der Waals surface area contributed by atoms with Crippen molar-refractivity contribution in [1.82, 2.24) is 19.8 Å². The maximum atomic E-state index is 12.8. The molecule has 7 heteroatoms. The lowest BCUT2D eigenvalue weighted by molar-refractivity contribution is -0.124. The summed E-state index contributed by atoms with van der Waals surface area (Å²) >= 11 is 0. The second-order valence-corrected chi connectivity index (χ2v) is 6.16. The number of carbonyl (C=O) groups is 2. The highest BCUT2D eigenvalue weighted by atomic mass is 16.2. The summed E-state index contributed by atoms with van der Waals surface area (Å²) in [5, 5.41) is 0. The lowest BCUT2D eigenvalue weighted by Gasteiger charge is -2.40. The highest BCUT2D eigenvalue weighted by Gasteiger charge is 2.35. The third-order valence-electron chi connectivity index (χ3n) is 4.44. The minimum Gasteiger partial charge on any atom is -0.368 e. The SMILES string of the molecule is Cc1ncncc1C(=O)N1CCN(Cc2ccccc2)CC1C(N)=O. The monoisotopic (exact) mass is 339 g/mol. The van der Waals surface area contributed by atoms with Crippen molar-refractivity contribution >= 4 is 11.8 Å². The Bertz CT molecular complexity index is 765. The molecular formula is C18H21N5O2. The number of primary amides is 1. The van der Waals surface area contributed by atoms with Crippen molar-refractivity contribution in [2.75, 3.05) is 19.6 Å². The summed E-state index contributed by atoms with van der Waals surface area (Å²) < 4.78 is 0. The van der Waals surface area contributed by atoms with E-state index in [1.54, 1.807) is 6.92 Å². The van der Waals surface area contributed by atoms with Crippen molar-refractivity contribution in [1.29, 1.82) is 0 Å². The molecule has 1 saturated heterocycles. The molecule has 0 spiro atoms. The van der Waals surface area contributed by atoms with Crippen molar-refractivity contribution in [2.24, 2.45) is 5.73 Å². The van der Waals surface area contributed by atoms with E-state index in [-0.39, 0.29) is 5.91 Å². The zero-order valence-electron chi connectivity index (χ0n) is 14.1. The topological polar surface area (TPSA) is 92.4 Å². The molecule has 25 heavy (non-hydrogen) atoms.